The molecule has 0 bridgehead atoms. The first-order valence-corrected chi connectivity index (χ1v) is 7.07. The van der Waals surface area contributed by atoms with E-state index in [1.807, 2.05) is 23.6 Å². The summed E-state index contributed by atoms with van der Waals surface area (Å²) >= 11 is 1.16. The Kier molecular flexibility index (Phi) is 5.23. The summed E-state index contributed by atoms with van der Waals surface area (Å²) in [6, 6.07) is 9.68. The first-order valence-electron chi connectivity index (χ1n) is 6.19. The van der Waals surface area contributed by atoms with E-state index in [4.69, 9.17) is 4.74 Å². The van der Waals surface area contributed by atoms with Gasteiger partial charge in [0.1, 0.15) is 0 Å². The SMILES string of the molecule is COCc1ccccc1CNCc1csc([N+](=O)[O-])c1. The Balaban J connectivity index is 1.90. The molecule has 0 aliphatic rings. The summed E-state index contributed by atoms with van der Waals surface area (Å²) < 4.78 is 5.16. The predicted molar refractivity (Wildman–Crippen MR) is 78.7 cm³/mol. The van der Waals surface area contributed by atoms with Gasteiger partial charge in [0.25, 0.3) is 0 Å². The van der Waals surface area contributed by atoms with Crippen molar-refractivity contribution in [1.82, 2.24) is 5.32 Å². The molecular formula is C14H16N2O3S. The zero-order valence-electron chi connectivity index (χ0n) is 11.2. The molecule has 0 aliphatic heterocycles. The fourth-order valence-electron chi connectivity index (χ4n) is 1.92. The highest BCUT2D eigenvalue weighted by atomic mass is 32.1. The summed E-state index contributed by atoms with van der Waals surface area (Å²) in [6.07, 6.45) is 0. The summed E-state index contributed by atoms with van der Waals surface area (Å²) in [5.74, 6) is 0. The minimum atomic E-state index is -0.359. The lowest BCUT2D eigenvalue weighted by atomic mass is 10.1. The van der Waals surface area contributed by atoms with Gasteiger partial charge in [-0.05, 0) is 16.7 Å². The molecule has 0 unspecified atom stereocenters. The van der Waals surface area contributed by atoms with E-state index in [1.54, 1.807) is 13.2 Å². The topological polar surface area (TPSA) is 64.4 Å². The molecular weight excluding hydrogens is 276 g/mol. The summed E-state index contributed by atoms with van der Waals surface area (Å²) in [5, 5.41) is 15.9. The Morgan fingerprint density at radius 3 is 2.70 bits per heavy atom. The Labute approximate surface area is 121 Å². The molecule has 2 aromatic rings. The van der Waals surface area contributed by atoms with Crippen LogP contribution in [-0.4, -0.2) is 12.0 Å². The first-order chi connectivity index (χ1) is 9.70. The molecule has 1 aromatic carbocycles. The molecule has 5 nitrogen and oxygen atoms in total. The minimum absolute atomic E-state index is 0.182. The standard InChI is InChI=1S/C14H16N2O3S/c1-19-9-13-5-3-2-4-12(13)8-15-7-11-6-14(16(17)18)20-10-11/h2-6,10,15H,7-9H2,1H3. The number of methoxy groups -OCH3 is 1. The lowest BCUT2D eigenvalue weighted by Crippen LogP contribution is -2.13. The van der Waals surface area contributed by atoms with Crippen LogP contribution in [0.3, 0.4) is 0 Å². The number of thiophene rings is 1. The second-order valence-electron chi connectivity index (χ2n) is 4.36. The van der Waals surface area contributed by atoms with Crippen molar-refractivity contribution in [1.29, 1.82) is 0 Å². The van der Waals surface area contributed by atoms with Gasteiger partial charge in [0.15, 0.2) is 0 Å². The molecule has 1 heterocycles. The average Bonchev–Trinajstić information content (AvgIpc) is 2.90. The molecule has 0 amide bonds. The second-order valence-corrected chi connectivity index (χ2v) is 5.25. The number of benzene rings is 1. The molecule has 2 rings (SSSR count). The monoisotopic (exact) mass is 292 g/mol. The van der Waals surface area contributed by atoms with Crippen LogP contribution in [0, 0.1) is 10.1 Å². The highest BCUT2D eigenvalue weighted by Gasteiger charge is 2.09. The van der Waals surface area contributed by atoms with Crippen LogP contribution in [0.2, 0.25) is 0 Å². The van der Waals surface area contributed by atoms with E-state index in [-0.39, 0.29) is 9.92 Å². The summed E-state index contributed by atoms with van der Waals surface area (Å²) in [6.45, 7) is 1.91. The smallest absolute Gasteiger partial charge is 0.324 e. The van der Waals surface area contributed by atoms with Crippen LogP contribution in [0.25, 0.3) is 0 Å². The van der Waals surface area contributed by atoms with Crippen LogP contribution in [0.1, 0.15) is 16.7 Å². The van der Waals surface area contributed by atoms with Crippen molar-refractivity contribution in [3.05, 3.63) is 62.5 Å². The van der Waals surface area contributed by atoms with Crippen LogP contribution in [0.4, 0.5) is 5.00 Å². The van der Waals surface area contributed by atoms with Crippen molar-refractivity contribution in [3.8, 4) is 0 Å². The molecule has 0 radical (unpaired) electrons. The normalized spacial score (nSPS) is 10.7. The molecule has 0 spiro atoms. The van der Waals surface area contributed by atoms with Crippen LogP contribution in [0.15, 0.2) is 35.7 Å². The van der Waals surface area contributed by atoms with Gasteiger partial charge in [0.2, 0.25) is 0 Å². The van der Waals surface area contributed by atoms with Gasteiger partial charge in [0, 0.05) is 31.6 Å². The number of nitrogens with zero attached hydrogens (tertiary/aromatic N) is 1. The average molecular weight is 292 g/mol. The molecule has 1 N–H and O–H groups in total. The van der Waals surface area contributed by atoms with Gasteiger partial charge >= 0.3 is 5.00 Å². The molecule has 0 atom stereocenters. The van der Waals surface area contributed by atoms with E-state index in [0.717, 1.165) is 22.5 Å². The third kappa shape index (κ3) is 3.86. The molecule has 0 fully saturated rings. The molecule has 0 saturated heterocycles. The van der Waals surface area contributed by atoms with E-state index in [9.17, 15) is 10.1 Å². The lowest BCUT2D eigenvalue weighted by Gasteiger charge is -2.09. The summed E-state index contributed by atoms with van der Waals surface area (Å²) in [4.78, 5) is 10.2. The van der Waals surface area contributed by atoms with Crippen LogP contribution >= 0.6 is 11.3 Å². The Hall–Kier alpha value is -1.76. The van der Waals surface area contributed by atoms with Crippen molar-refractivity contribution in [3.63, 3.8) is 0 Å². The summed E-state index contributed by atoms with van der Waals surface area (Å²) in [7, 11) is 1.68. The van der Waals surface area contributed by atoms with Crippen molar-refractivity contribution in [2.24, 2.45) is 0 Å². The summed E-state index contributed by atoms with van der Waals surface area (Å²) in [5.41, 5.74) is 3.27. The number of nitro groups is 1. The third-order valence-corrected chi connectivity index (χ3v) is 3.81. The largest absolute Gasteiger partial charge is 0.380 e. The van der Waals surface area contributed by atoms with Crippen molar-refractivity contribution in [2.45, 2.75) is 19.7 Å². The quantitative estimate of drug-likeness (QED) is 0.629. The van der Waals surface area contributed by atoms with Crippen molar-refractivity contribution >= 4 is 16.3 Å². The van der Waals surface area contributed by atoms with E-state index >= 15 is 0 Å². The van der Waals surface area contributed by atoms with E-state index < -0.39 is 0 Å². The molecule has 1 aromatic heterocycles. The van der Waals surface area contributed by atoms with E-state index in [0.29, 0.717) is 19.7 Å². The maximum atomic E-state index is 10.6. The lowest BCUT2D eigenvalue weighted by molar-refractivity contribution is -0.380. The number of hydrogen-bond acceptors (Lipinski definition) is 5. The highest BCUT2D eigenvalue weighted by molar-refractivity contribution is 7.13. The van der Waals surface area contributed by atoms with Crippen LogP contribution in [-0.2, 0) is 24.4 Å². The van der Waals surface area contributed by atoms with Gasteiger partial charge in [-0.1, -0.05) is 35.6 Å². The third-order valence-electron chi connectivity index (χ3n) is 2.88. The zero-order valence-corrected chi connectivity index (χ0v) is 12.0. The minimum Gasteiger partial charge on any atom is -0.380 e. The Morgan fingerprint density at radius 1 is 1.30 bits per heavy atom. The van der Waals surface area contributed by atoms with E-state index in [2.05, 4.69) is 11.4 Å². The molecule has 0 aliphatic carbocycles. The van der Waals surface area contributed by atoms with Crippen LogP contribution in [0.5, 0.6) is 0 Å². The maximum absolute atomic E-state index is 10.6. The van der Waals surface area contributed by atoms with Crippen molar-refractivity contribution < 1.29 is 9.66 Å². The van der Waals surface area contributed by atoms with Gasteiger partial charge in [-0.25, -0.2) is 0 Å². The number of hydrogen-bond donors (Lipinski definition) is 1. The molecule has 20 heavy (non-hydrogen) atoms. The zero-order chi connectivity index (χ0) is 14.4. The van der Waals surface area contributed by atoms with Gasteiger partial charge in [0.05, 0.1) is 11.5 Å². The van der Waals surface area contributed by atoms with E-state index in [1.165, 1.54) is 5.56 Å². The van der Waals surface area contributed by atoms with Crippen molar-refractivity contribution in [2.75, 3.05) is 7.11 Å². The first kappa shape index (κ1) is 14.6. The van der Waals surface area contributed by atoms with Gasteiger partial charge in [-0.3, -0.25) is 10.1 Å². The fourth-order valence-corrected chi connectivity index (χ4v) is 2.65. The van der Waals surface area contributed by atoms with Gasteiger partial charge in [-0.15, -0.1) is 0 Å². The second kappa shape index (κ2) is 7.14. The maximum Gasteiger partial charge on any atom is 0.324 e. The van der Waals surface area contributed by atoms with Gasteiger partial charge < -0.3 is 10.1 Å². The Morgan fingerprint density at radius 2 is 2.05 bits per heavy atom. The number of nitrogens with one attached hydrogen (secondary N) is 1. The predicted octanol–water partition coefficient (Wildman–Crippen LogP) is 3.09. The van der Waals surface area contributed by atoms with Crippen LogP contribution < -0.4 is 5.32 Å². The number of ether oxygens (including phenoxy) is 1. The molecule has 6 heteroatoms. The Bertz CT molecular complexity index is 583. The van der Waals surface area contributed by atoms with Gasteiger partial charge in [-0.2, -0.15) is 0 Å². The molecule has 0 saturated carbocycles. The molecule has 106 valence electrons. The fraction of sp³-hybridized carbons (Fsp3) is 0.286. The number of rotatable bonds is 7. The highest BCUT2D eigenvalue weighted by Crippen LogP contribution is 2.22.